The number of thiazole rings is 1. The average molecular weight is 288 g/mol. The van der Waals surface area contributed by atoms with Gasteiger partial charge in [-0.3, -0.25) is 0 Å². The summed E-state index contributed by atoms with van der Waals surface area (Å²) in [6.07, 6.45) is 4.00. The Hall–Kier alpha value is -1.39. The van der Waals surface area contributed by atoms with Gasteiger partial charge in [0.15, 0.2) is 0 Å². The molecule has 3 nitrogen and oxygen atoms in total. The quantitative estimate of drug-likeness (QED) is 0.886. The highest BCUT2D eigenvalue weighted by Gasteiger charge is 2.31. The van der Waals surface area contributed by atoms with Gasteiger partial charge in [-0.1, -0.05) is 25.1 Å². The summed E-state index contributed by atoms with van der Waals surface area (Å²) in [7, 11) is 0. The first-order chi connectivity index (χ1) is 9.88. The first-order valence-electron chi connectivity index (χ1n) is 7.22. The first kappa shape index (κ1) is 13.6. The van der Waals surface area contributed by atoms with Crippen LogP contribution < -0.4 is 10.1 Å². The van der Waals surface area contributed by atoms with Gasteiger partial charge in [0.2, 0.25) is 0 Å². The fourth-order valence-corrected chi connectivity index (χ4v) is 3.43. The summed E-state index contributed by atoms with van der Waals surface area (Å²) in [5, 5.41) is 6.92. The predicted octanol–water partition coefficient (Wildman–Crippen LogP) is 3.23. The van der Waals surface area contributed by atoms with Crippen molar-refractivity contribution in [2.24, 2.45) is 0 Å². The molecule has 0 saturated heterocycles. The van der Waals surface area contributed by atoms with Crippen LogP contribution in [0.15, 0.2) is 35.8 Å². The van der Waals surface area contributed by atoms with Gasteiger partial charge < -0.3 is 10.1 Å². The van der Waals surface area contributed by atoms with Crippen molar-refractivity contribution < 1.29 is 4.74 Å². The Morgan fingerprint density at radius 2 is 2.35 bits per heavy atom. The zero-order chi connectivity index (χ0) is 13.8. The molecule has 0 saturated carbocycles. The monoisotopic (exact) mass is 288 g/mol. The van der Waals surface area contributed by atoms with Crippen molar-refractivity contribution in [3.05, 3.63) is 46.4 Å². The van der Waals surface area contributed by atoms with Gasteiger partial charge in [-0.2, -0.15) is 0 Å². The van der Waals surface area contributed by atoms with Gasteiger partial charge in [0.1, 0.15) is 5.75 Å². The van der Waals surface area contributed by atoms with Gasteiger partial charge in [-0.25, -0.2) is 4.98 Å². The summed E-state index contributed by atoms with van der Waals surface area (Å²) in [4.78, 5) is 4.43. The molecule has 1 aromatic carbocycles. The van der Waals surface area contributed by atoms with Crippen molar-refractivity contribution >= 4 is 11.3 Å². The largest absolute Gasteiger partial charge is 0.493 e. The van der Waals surface area contributed by atoms with Crippen LogP contribution >= 0.6 is 11.3 Å². The van der Waals surface area contributed by atoms with Crippen molar-refractivity contribution in [1.29, 1.82) is 0 Å². The third-order valence-corrected chi connectivity index (χ3v) is 4.56. The Morgan fingerprint density at radius 1 is 1.45 bits per heavy atom. The summed E-state index contributed by atoms with van der Waals surface area (Å²) >= 11 is 1.73. The van der Waals surface area contributed by atoms with Gasteiger partial charge in [-0.15, -0.1) is 11.3 Å². The van der Waals surface area contributed by atoms with Crippen LogP contribution in [0.2, 0.25) is 0 Å². The number of hydrogen-bond acceptors (Lipinski definition) is 4. The number of ether oxygens (including phenoxy) is 1. The summed E-state index contributed by atoms with van der Waals surface area (Å²) in [5.41, 5.74) is 1.33. The van der Waals surface area contributed by atoms with Crippen LogP contribution in [0.1, 0.15) is 29.8 Å². The Morgan fingerprint density at radius 3 is 3.15 bits per heavy atom. The van der Waals surface area contributed by atoms with Gasteiger partial charge >= 0.3 is 0 Å². The minimum absolute atomic E-state index is 0.393. The van der Waals surface area contributed by atoms with Crippen LogP contribution in [0, 0.1) is 0 Å². The molecule has 0 spiro atoms. The van der Waals surface area contributed by atoms with Crippen LogP contribution in [0.25, 0.3) is 0 Å². The molecule has 2 atom stereocenters. The molecule has 0 fully saturated rings. The highest BCUT2D eigenvalue weighted by molar-refractivity contribution is 7.09. The zero-order valence-electron chi connectivity index (χ0n) is 11.7. The standard InChI is InChI=1S/C16H20N2OS/c1-2-7-17-14(10-16-18-8-9-20-16)13-11-19-15-6-4-3-5-12(13)15/h3-6,8-9,13-14,17H,2,7,10-11H2,1H3. The number of para-hydroxylation sites is 1. The van der Waals surface area contributed by atoms with E-state index in [4.69, 9.17) is 4.74 Å². The lowest BCUT2D eigenvalue weighted by molar-refractivity contribution is 0.296. The number of hydrogen-bond donors (Lipinski definition) is 1. The molecule has 0 aliphatic carbocycles. The van der Waals surface area contributed by atoms with Gasteiger partial charge in [0, 0.05) is 35.5 Å². The van der Waals surface area contributed by atoms with E-state index in [9.17, 15) is 0 Å². The molecule has 2 unspecified atom stereocenters. The molecule has 2 aromatic rings. The average Bonchev–Trinajstić information content (AvgIpc) is 3.12. The number of nitrogens with zero attached hydrogens (tertiary/aromatic N) is 1. The molecule has 20 heavy (non-hydrogen) atoms. The van der Waals surface area contributed by atoms with Crippen LogP contribution in [0.3, 0.4) is 0 Å². The molecule has 1 aliphatic heterocycles. The first-order valence-corrected chi connectivity index (χ1v) is 8.10. The van der Waals surface area contributed by atoms with Crippen LogP contribution in [0.5, 0.6) is 5.75 Å². The van der Waals surface area contributed by atoms with Crippen molar-refractivity contribution in [2.45, 2.75) is 31.7 Å². The summed E-state index contributed by atoms with van der Waals surface area (Å²) < 4.78 is 5.83. The minimum Gasteiger partial charge on any atom is -0.493 e. The Labute approximate surface area is 124 Å². The number of aromatic nitrogens is 1. The van der Waals surface area contributed by atoms with Crippen molar-refractivity contribution in [2.75, 3.05) is 13.2 Å². The Kier molecular flexibility index (Phi) is 4.33. The minimum atomic E-state index is 0.393. The smallest absolute Gasteiger partial charge is 0.122 e. The van der Waals surface area contributed by atoms with Gasteiger partial charge in [-0.05, 0) is 19.0 Å². The molecule has 0 radical (unpaired) electrons. The highest BCUT2D eigenvalue weighted by atomic mass is 32.1. The van der Waals surface area contributed by atoms with Crippen LogP contribution in [-0.4, -0.2) is 24.2 Å². The topological polar surface area (TPSA) is 34.2 Å². The van der Waals surface area contributed by atoms with Gasteiger partial charge in [0.05, 0.1) is 11.6 Å². The molecule has 1 aromatic heterocycles. The van der Waals surface area contributed by atoms with Crippen LogP contribution in [-0.2, 0) is 6.42 Å². The third kappa shape index (κ3) is 2.86. The highest BCUT2D eigenvalue weighted by Crippen LogP contribution is 2.36. The summed E-state index contributed by atoms with van der Waals surface area (Å²) in [6.45, 7) is 4.01. The molecular weight excluding hydrogens is 268 g/mol. The fourth-order valence-electron chi connectivity index (χ4n) is 2.75. The molecule has 0 bridgehead atoms. The van der Waals surface area contributed by atoms with E-state index in [0.717, 1.165) is 31.7 Å². The van der Waals surface area contributed by atoms with E-state index in [1.165, 1.54) is 10.6 Å². The maximum atomic E-state index is 5.83. The molecule has 4 heteroatoms. The maximum absolute atomic E-state index is 5.83. The molecule has 2 heterocycles. The number of benzene rings is 1. The third-order valence-electron chi connectivity index (χ3n) is 3.76. The summed E-state index contributed by atoms with van der Waals surface area (Å²) in [6, 6.07) is 8.78. The van der Waals surface area contributed by atoms with E-state index < -0.39 is 0 Å². The van der Waals surface area contributed by atoms with E-state index >= 15 is 0 Å². The molecule has 106 valence electrons. The lowest BCUT2D eigenvalue weighted by atomic mass is 9.91. The van der Waals surface area contributed by atoms with E-state index in [1.807, 2.05) is 17.6 Å². The van der Waals surface area contributed by atoms with Crippen molar-refractivity contribution in [3.63, 3.8) is 0 Å². The predicted molar refractivity (Wildman–Crippen MR) is 82.6 cm³/mol. The fraction of sp³-hybridized carbons (Fsp3) is 0.438. The van der Waals surface area contributed by atoms with Crippen LogP contribution in [0.4, 0.5) is 0 Å². The normalized spacial score (nSPS) is 18.6. The molecule has 3 rings (SSSR count). The molecule has 1 aliphatic rings. The van der Waals surface area contributed by atoms with E-state index in [1.54, 1.807) is 11.3 Å². The second kappa shape index (κ2) is 6.37. The SMILES string of the molecule is CCCNC(Cc1nccs1)C1COc2ccccc21. The molecular formula is C16H20N2OS. The van der Waals surface area contributed by atoms with E-state index in [2.05, 4.69) is 35.4 Å². The van der Waals surface area contributed by atoms with E-state index in [0.29, 0.717) is 12.0 Å². The second-order valence-corrected chi connectivity index (χ2v) is 6.13. The van der Waals surface area contributed by atoms with Crippen molar-refractivity contribution in [1.82, 2.24) is 10.3 Å². The van der Waals surface area contributed by atoms with E-state index in [-0.39, 0.29) is 0 Å². The lowest BCUT2D eigenvalue weighted by Crippen LogP contribution is -2.38. The lowest BCUT2D eigenvalue weighted by Gasteiger charge is -2.23. The number of fused-ring (bicyclic) bond motifs is 1. The Balaban J connectivity index is 1.79. The number of rotatable bonds is 6. The Bertz CT molecular complexity index is 541. The molecule has 0 amide bonds. The zero-order valence-corrected chi connectivity index (χ0v) is 12.5. The number of nitrogens with one attached hydrogen (secondary N) is 1. The summed E-state index contributed by atoms with van der Waals surface area (Å²) in [5.74, 6) is 1.46. The maximum Gasteiger partial charge on any atom is 0.122 e. The van der Waals surface area contributed by atoms with Gasteiger partial charge in [0.25, 0.3) is 0 Å². The van der Waals surface area contributed by atoms with Crippen molar-refractivity contribution in [3.8, 4) is 5.75 Å². The second-order valence-electron chi connectivity index (χ2n) is 5.15. The molecule has 1 N–H and O–H groups in total.